The second kappa shape index (κ2) is 6.20. The Hall–Kier alpha value is -1.98. The van der Waals surface area contributed by atoms with Crippen molar-refractivity contribution in [2.75, 3.05) is 13.2 Å². The third-order valence-corrected chi connectivity index (χ3v) is 3.62. The first-order valence-corrected chi connectivity index (χ1v) is 6.54. The van der Waals surface area contributed by atoms with Gasteiger partial charge >= 0.3 is 0 Å². The Balaban J connectivity index is 2.44. The second-order valence-corrected chi connectivity index (χ2v) is 5.15. The molecule has 0 spiro atoms. The van der Waals surface area contributed by atoms with Gasteiger partial charge in [0.05, 0.1) is 6.61 Å². The van der Waals surface area contributed by atoms with E-state index in [0.29, 0.717) is 5.56 Å². The van der Waals surface area contributed by atoms with Crippen molar-refractivity contribution < 1.29 is 19.0 Å². The average molecular weight is 293 g/mol. The molecule has 0 aliphatic rings. The lowest BCUT2D eigenvalue weighted by atomic mass is 9.76. The molecular weight excluding hydrogens is 276 g/mol. The third kappa shape index (κ3) is 3.37. The summed E-state index contributed by atoms with van der Waals surface area (Å²) in [6.45, 7) is -0.343. The van der Waals surface area contributed by atoms with Crippen LogP contribution in [0.4, 0.5) is 8.78 Å². The molecule has 0 bridgehead atoms. The Kier molecular flexibility index (Phi) is 4.55. The first-order valence-electron chi connectivity index (χ1n) is 6.54. The fourth-order valence-corrected chi connectivity index (χ4v) is 2.42. The van der Waals surface area contributed by atoms with Crippen LogP contribution in [0.15, 0.2) is 42.5 Å². The summed E-state index contributed by atoms with van der Waals surface area (Å²) in [6.07, 6.45) is 0.261. The minimum Gasteiger partial charge on any atom is -0.508 e. The normalized spacial score (nSPS) is 13.9. The van der Waals surface area contributed by atoms with Gasteiger partial charge in [-0.25, -0.2) is 8.78 Å². The first kappa shape index (κ1) is 15.4. The molecule has 0 aromatic heterocycles. The van der Waals surface area contributed by atoms with Crippen molar-refractivity contribution in [1.82, 2.24) is 0 Å². The summed E-state index contributed by atoms with van der Waals surface area (Å²) < 4.78 is 26.9. The van der Waals surface area contributed by atoms with E-state index in [-0.39, 0.29) is 25.3 Å². The maximum atomic E-state index is 13.4. The molecule has 2 aromatic carbocycles. The fourth-order valence-electron chi connectivity index (χ4n) is 2.42. The van der Waals surface area contributed by atoms with E-state index in [4.69, 9.17) is 5.73 Å². The van der Waals surface area contributed by atoms with E-state index in [0.717, 1.165) is 11.6 Å². The molecule has 2 aromatic rings. The van der Waals surface area contributed by atoms with Crippen LogP contribution in [-0.4, -0.2) is 23.4 Å². The molecule has 5 heteroatoms. The number of aliphatic hydroxyl groups is 1. The quantitative estimate of drug-likeness (QED) is 0.791. The first-order chi connectivity index (χ1) is 9.99. The molecule has 0 aliphatic carbocycles. The van der Waals surface area contributed by atoms with E-state index in [2.05, 4.69) is 0 Å². The van der Waals surface area contributed by atoms with Gasteiger partial charge in [-0.05, 0) is 41.8 Å². The number of hydrogen-bond acceptors (Lipinski definition) is 3. The molecule has 3 nitrogen and oxygen atoms in total. The van der Waals surface area contributed by atoms with Crippen LogP contribution in [0.2, 0.25) is 0 Å². The van der Waals surface area contributed by atoms with Gasteiger partial charge in [0, 0.05) is 18.0 Å². The fraction of sp³-hybridized carbons (Fsp3) is 0.250. The maximum absolute atomic E-state index is 13.4. The SMILES string of the molecule is NCC(CO)(Cc1cccc(O)c1)c1cc(F)cc(F)c1. The van der Waals surface area contributed by atoms with Gasteiger partial charge in [-0.3, -0.25) is 0 Å². The van der Waals surface area contributed by atoms with Crippen molar-refractivity contribution >= 4 is 0 Å². The molecule has 0 amide bonds. The number of phenols is 1. The summed E-state index contributed by atoms with van der Waals surface area (Å²) in [4.78, 5) is 0. The number of nitrogens with two attached hydrogens (primary N) is 1. The van der Waals surface area contributed by atoms with Gasteiger partial charge in [0.15, 0.2) is 0 Å². The molecule has 4 N–H and O–H groups in total. The van der Waals surface area contributed by atoms with Gasteiger partial charge in [0.2, 0.25) is 0 Å². The number of phenolic OH excluding ortho intramolecular Hbond substituents is 1. The predicted molar refractivity (Wildman–Crippen MR) is 76.0 cm³/mol. The molecule has 112 valence electrons. The lowest BCUT2D eigenvalue weighted by molar-refractivity contribution is 0.195. The molecule has 0 aliphatic heterocycles. The number of rotatable bonds is 5. The van der Waals surface area contributed by atoms with Crippen molar-refractivity contribution in [3.63, 3.8) is 0 Å². The highest BCUT2D eigenvalue weighted by atomic mass is 19.1. The standard InChI is InChI=1S/C16H17F2NO2/c17-13-5-12(6-14(18)7-13)16(9-19,10-20)8-11-2-1-3-15(21)4-11/h1-7,20-21H,8-10,19H2. The highest BCUT2D eigenvalue weighted by Gasteiger charge is 2.31. The topological polar surface area (TPSA) is 66.5 Å². The average Bonchev–Trinajstić information content (AvgIpc) is 2.44. The molecule has 1 unspecified atom stereocenters. The summed E-state index contributed by atoms with van der Waals surface area (Å²) in [5.41, 5.74) is 5.79. The summed E-state index contributed by atoms with van der Waals surface area (Å²) >= 11 is 0. The minimum absolute atomic E-state index is 0.0159. The number of benzene rings is 2. The van der Waals surface area contributed by atoms with E-state index >= 15 is 0 Å². The highest BCUT2D eigenvalue weighted by Crippen LogP contribution is 2.29. The van der Waals surface area contributed by atoms with Gasteiger partial charge in [0.25, 0.3) is 0 Å². The third-order valence-electron chi connectivity index (χ3n) is 3.62. The zero-order chi connectivity index (χ0) is 15.5. The summed E-state index contributed by atoms with van der Waals surface area (Å²) in [5.74, 6) is -1.35. The van der Waals surface area contributed by atoms with Crippen LogP contribution < -0.4 is 5.73 Å². The van der Waals surface area contributed by atoms with Crippen LogP contribution in [0.3, 0.4) is 0 Å². The molecule has 0 heterocycles. The van der Waals surface area contributed by atoms with Crippen LogP contribution in [0, 0.1) is 11.6 Å². The monoisotopic (exact) mass is 293 g/mol. The van der Waals surface area contributed by atoms with E-state index in [1.165, 1.54) is 24.3 Å². The van der Waals surface area contributed by atoms with Crippen molar-refractivity contribution in [3.05, 3.63) is 65.2 Å². The minimum atomic E-state index is -1.00. The molecule has 0 saturated carbocycles. The molecule has 2 rings (SSSR count). The highest BCUT2D eigenvalue weighted by molar-refractivity contribution is 5.34. The van der Waals surface area contributed by atoms with Gasteiger partial charge in [-0.15, -0.1) is 0 Å². The largest absolute Gasteiger partial charge is 0.508 e. The van der Waals surface area contributed by atoms with Crippen LogP contribution in [0.5, 0.6) is 5.75 Å². The lowest BCUT2D eigenvalue weighted by Crippen LogP contribution is -2.41. The molecule has 1 atom stereocenters. The van der Waals surface area contributed by atoms with E-state index in [1.807, 2.05) is 0 Å². The van der Waals surface area contributed by atoms with Crippen LogP contribution in [0.1, 0.15) is 11.1 Å². The van der Waals surface area contributed by atoms with Gasteiger partial charge < -0.3 is 15.9 Å². The zero-order valence-electron chi connectivity index (χ0n) is 11.4. The number of aromatic hydroxyl groups is 1. The van der Waals surface area contributed by atoms with Gasteiger partial charge in [0.1, 0.15) is 17.4 Å². The Morgan fingerprint density at radius 2 is 1.71 bits per heavy atom. The number of hydrogen-bond donors (Lipinski definition) is 3. The van der Waals surface area contributed by atoms with Gasteiger partial charge in [-0.2, -0.15) is 0 Å². The smallest absolute Gasteiger partial charge is 0.126 e. The van der Waals surface area contributed by atoms with Gasteiger partial charge in [-0.1, -0.05) is 12.1 Å². The number of aliphatic hydroxyl groups excluding tert-OH is 1. The van der Waals surface area contributed by atoms with Crippen LogP contribution in [-0.2, 0) is 11.8 Å². The summed E-state index contributed by atoms with van der Waals surface area (Å²) in [7, 11) is 0. The van der Waals surface area contributed by atoms with Crippen molar-refractivity contribution in [1.29, 1.82) is 0 Å². The Morgan fingerprint density at radius 1 is 1.05 bits per heavy atom. The molecule has 0 saturated heterocycles. The second-order valence-electron chi connectivity index (χ2n) is 5.15. The molecule has 0 radical (unpaired) electrons. The maximum Gasteiger partial charge on any atom is 0.126 e. The summed E-state index contributed by atoms with van der Waals surface area (Å²) in [6, 6.07) is 9.61. The zero-order valence-corrected chi connectivity index (χ0v) is 11.4. The van der Waals surface area contributed by atoms with E-state index < -0.39 is 17.0 Å². The van der Waals surface area contributed by atoms with Crippen molar-refractivity contribution in [2.45, 2.75) is 11.8 Å². The van der Waals surface area contributed by atoms with E-state index in [9.17, 15) is 19.0 Å². The van der Waals surface area contributed by atoms with Crippen LogP contribution in [0.25, 0.3) is 0 Å². The molecule has 0 fully saturated rings. The lowest BCUT2D eigenvalue weighted by Gasteiger charge is -2.31. The predicted octanol–water partition coefficient (Wildman–Crippen LogP) is 2.10. The van der Waals surface area contributed by atoms with Crippen molar-refractivity contribution in [3.8, 4) is 5.75 Å². The van der Waals surface area contributed by atoms with Crippen LogP contribution >= 0.6 is 0 Å². The Bertz CT molecular complexity index is 607. The van der Waals surface area contributed by atoms with E-state index in [1.54, 1.807) is 12.1 Å². The summed E-state index contributed by atoms with van der Waals surface area (Å²) in [5, 5.41) is 19.3. The molecular formula is C16H17F2NO2. The molecule has 21 heavy (non-hydrogen) atoms. The van der Waals surface area contributed by atoms with Crippen molar-refractivity contribution in [2.24, 2.45) is 5.73 Å². The Morgan fingerprint density at radius 3 is 2.24 bits per heavy atom. The Labute approximate surface area is 121 Å². The number of halogens is 2.